The van der Waals surface area contributed by atoms with E-state index >= 15 is 0 Å². The van der Waals surface area contributed by atoms with Gasteiger partial charge in [0.15, 0.2) is 0 Å². The van der Waals surface area contributed by atoms with Crippen molar-refractivity contribution in [3.63, 3.8) is 0 Å². The minimum absolute atomic E-state index is 0.0451. The molecule has 1 unspecified atom stereocenters. The molecule has 0 spiro atoms. The molecule has 0 amide bonds. The number of hydrogen-bond acceptors (Lipinski definition) is 4. The third kappa shape index (κ3) is 4.78. The van der Waals surface area contributed by atoms with Gasteiger partial charge in [-0.1, -0.05) is 6.92 Å². The first-order valence-electron chi connectivity index (χ1n) is 4.87. The second kappa shape index (κ2) is 5.95. The van der Waals surface area contributed by atoms with Gasteiger partial charge in [-0.2, -0.15) is 0 Å². The van der Waals surface area contributed by atoms with Crippen LogP contribution in [0.5, 0.6) is 0 Å². The van der Waals surface area contributed by atoms with E-state index in [1.165, 1.54) is 11.3 Å². The summed E-state index contributed by atoms with van der Waals surface area (Å²) < 4.78 is 25.7. The van der Waals surface area contributed by atoms with Gasteiger partial charge >= 0.3 is 0 Å². The predicted molar refractivity (Wildman–Crippen MR) is 67.4 cm³/mol. The highest BCUT2D eigenvalue weighted by atomic mass is 35.5. The molecule has 0 radical (unpaired) electrons. The molecule has 92 valence electrons. The van der Waals surface area contributed by atoms with Crippen LogP contribution in [0.1, 0.15) is 17.6 Å². The van der Waals surface area contributed by atoms with Crippen LogP contribution in [0.15, 0.2) is 5.38 Å². The maximum Gasteiger partial charge on any atom is 0.212 e. The number of nitrogens with one attached hydrogen (secondary N) is 1. The van der Waals surface area contributed by atoms with E-state index in [0.29, 0.717) is 5.88 Å². The Morgan fingerprint density at radius 1 is 1.62 bits per heavy atom. The molecule has 0 aliphatic rings. The zero-order valence-corrected chi connectivity index (χ0v) is 11.6. The number of sulfonamides is 1. The SMILES string of the molecule is Cc1nc(CNS(=O)(=O)CC(C)CCl)cs1. The molecule has 1 rings (SSSR count). The lowest BCUT2D eigenvalue weighted by Crippen LogP contribution is -2.29. The summed E-state index contributed by atoms with van der Waals surface area (Å²) in [6.45, 7) is 3.94. The quantitative estimate of drug-likeness (QED) is 0.809. The van der Waals surface area contributed by atoms with E-state index in [2.05, 4.69) is 9.71 Å². The van der Waals surface area contributed by atoms with Crippen LogP contribution in [0.4, 0.5) is 0 Å². The molecule has 4 nitrogen and oxygen atoms in total. The second-order valence-electron chi connectivity index (χ2n) is 3.72. The number of rotatable bonds is 6. The van der Waals surface area contributed by atoms with Crippen LogP contribution in [0.2, 0.25) is 0 Å². The summed E-state index contributed by atoms with van der Waals surface area (Å²) in [7, 11) is -3.25. The minimum atomic E-state index is -3.25. The fourth-order valence-electron chi connectivity index (χ4n) is 1.15. The lowest BCUT2D eigenvalue weighted by Gasteiger charge is -2.08. The molecule has 1 N–H and O–H groups in total. The molecule has 0 aliphatic heterocycles. The van der Waals surface area contributed by atoms with Gasteiger partial charge in [0.05, 0.1) is 23.0 Å². The van der Waals surface area contributed by atoms with Crippen molar-refractivity contribution < 1.29 is 8.42 Å². The number of aryl methyl sites for hydroxylation is 1. The molecule has 1 heterocycles. The van der Waals surface area contributed by atoms with Crippen molar-refractivity contribution in [1.82, 2.24) is 9.71 Å². The smallest absolute Gasteiger partial charge is 0.212 e. The summed E-state index contributed by atoms with van der Waals surface area (Å²) in [6.07, 6.45) is 0. The number of nitrogens with zero attached hydrogens (tertiary/aromatic N) is 1. The van der Waals surface area contributed by atoms with Gasteiger partial charge in [-0.05, 0) is 12.8 Å². The van der Waals surface area contributed by atoms with Crippen molar-refractivity contribution in [3.8, 4) is 0 Å². The molecule has 0 saturated carbocycles. The summed E-state index contributed by atoms with van der Waals surface area (Å²) in [4.78, 5) is 4.18. The third-order valence-corrected chi connectivity index (χ3v) is 4.85. The van der Waals surface area contributed by atoms with Gasteiger partial charge in [-0.15, -0.1) is 22.9 Å². The Bertz CT molecular complexity index is 430. The standard InChI is InChI=1S/C9H15ClN2O2S2/c1-7(3-10)6-16(13,14)11-4-9-5-15-8(2)12-9/h5,7,11H,3-4,6H2,1-2H3. The van der Waals surface area contributed by atoms with Crippen LogP contribution in [0.3, 0.4) is 0 Å². The van der Waals surface area contributed by atoms with Gasteiger partial charge in [0.1, 0.15) is 0 Å². The summed E-state index contributed by atoms with van der Waals surface area (Å²) >= 11 is 7.08. The topological polar surface area (TPSA) is 59.1 Å². The van der Waals surface area contributed by atoms with Gasteiger partial charge in [0.2, 0.25) is 10.0 Å². The fourth-order valence-corrected chi connectivity index (χ4v) is 3.36. The number of thiazole rings is 1. The fraction of sp³-hybridized carbons (Fsp3) is 0.667. The van der Waals surface area contributed by atoms with E-state index in [1.54, 1.807) is 6.92 Å². The molecule has 0 fully saturated rings. The van der Waals surface area contributed by atoms with E-state index in [4.69, 9.17) is 11.6 Å². The maximum atomic E-state index is 11.6. The van der Waals surface area contributed by atoms with Gasteiger partial charge < -0.3 is 0 Å². The minimum Gasteiger partial charge on any atom is -0.245 e. The van der Waals surface area contributed by atoms with Gasteiger partial charge in [0.25, 0.3) is 0 Å². The molecular formula is C9H15ClN2O2S2. The molecule has 0 saturated heterocycles. The largest absolute Gasteiger partial charge is 0.245 e. The van der Waals surface area contributed by atoms with E-state index in [-0.39, 0.29) is 18.2 Å². The molecule has 1 aromatic rings. The van der Waals surface area contributed by atoms with Crippen molar-refractivity contribution in [2.24, 2.45) is 5.92 Å². The Balaban J connectivity index is 2.48. The van der Waals surface area contributed by atoms with Crippen LogP contribution in [0, 0.1) is 12.8 Å². The van der Waals surface area contributed by atoms with Crippen molar-refractivity contribution in [2.45, 2.75) is 20.4 Å². The van der Waals surface area contributed by atoms with Crippen molar-refractivity contribution in [1.29, 1.82) is 0 Å². The number of halogens is 1. The first kappa shape index (κ1) is 13.9. The molecule has 7 heteroatoms. The van der Waals surface area contributed by atoms with Crippen molar-refractivity contribution in [3.05, 3.63) is 16.1 Å². The van der Waals surface area contributed by atoms with Crippen LogP contribution in [-0.2, 0) is 16.6 Å². The molecule has 0 bridgehead atoms. The molecule has 1 atom stereocenters. The van der Waals surface area contributed by atoms with E-state index in [0.717, 1.165) is 10.7 Å². The number of aromatic nitrogens is 1. The Labute approximate surface area is 105 Å². The van der Waals surface area contributed by atoms with E-state index in [1.807, 2.05) is 12.3 Å². The van der Waals surface area contributed by atoms with Crippen LogP contribution >= 0.6 is 22.9 Å². The average molecular weight is 283 g/mol. The number of hydrogen-bond donors (Lipinski definition) is 1. The third-order valence-electron chi connectivity index (χ3n) is 1.91. The maximum absolute atomic E-state index is 11.6. The zero-order chi connectivity index (χ0) is 12.2. The Kier molecular flexibility index (Phi) is 5.17. The van der Waals surface area contributed by atoms with Crippen molar-refractivity contribution in [2.75, 3.05) is 11.6 Å². The Hall–Kier alpha value is -0.170. The first-order chi connectivity index (χ1) is 7.43. The molecule has 16 heavy (non-hydrogen) atoms. The highest BCUT2D eigenvalue weighted by molar-refractivity contribution is 7.89. The Morgan fingerprint density at radius 3 is 2.81 bits per heavy atom. The summed E-state index contributed by atoms with van der Waals surface area (Å²) in [5.41, 5.74) is 0.754. The van der Waals surface area contributed by atoms with E-state index < -0.39 is 10.0 Å². The average Bonchev–Trinajstić information content (AvgIpc) is 2.61. The van der Waals surface area contributed by atoms with Crippen LogP contribution in [0.25, 0.3) is 0 Å². The normalized spacial score (nSPS) is 13.9. The summed E-state index contributed by atoms with van der Waals surface area (Å²) in [5.74, 6) is 0.354. The molecular weight excluding hydrogens is 268 g/mol. The van der Waals surface area contributed by atoms with Crippen LogP contribution in [-0.4, -0.2) is 25.0 Å². The molecule has 1 aromatic heterocycles. The van der Waals surface area contributed by atoms with Crippen molar-refractivity contribution >= 4 is 33.0 Å². The number of alkyl halides is 1. The lowest BCUT2D eigenvalue weighted by molar-refractivity contribution is 0.568. The van der Waals surface area contributed by atoms with Gasteiger partial charge in [0, 0.05) is 11.3 Å². The van der Waals surface area contributed by atoms with Gasteiger partial charge in [-0.3, -0.25) is 0 Å². The lowest BCUT2D eigenvalue weighted by atomic mass is 10.3. The first-order valence-corrected chi connectivity index (χ1v) is 7.94. The van der Waals surface area contributed by atoms with Crippen LogP contribution < -0.4 is 4.72 Å². The molecule has 0 aromatic carbocycles. The summed E-state index contributed by atoms with van der Waals surface area (Å²) in [6, 6.07) is 0. The highest BCUT2D eigenvalue weighted by Crippen LogP contribution is 2.08. The highest BCUT2D eigenvalue weighted by Gasteiger charge is 2.15. The Morgan fingerprint density at radius 2 is 2.31 bits per heavy atom. The van der Waals surface area contributed by atoms with E-state index in [9.17, 15) is 8.42 Å². The zero-order valence-electron chi connectivity index (χ0n) is 9.23. The summed E-state index contributed by atoms with van der Waals surface area (Å²) in [5, 5.41) is 2.78. The monoisotopic (exact) mass is 282 g/mol. The predicted octanol–water partition coefficient (Wildman–Crippen LogP) is 1.75. The molecule has 0 aliphatic carbocycles. The van der Waals surface area contributed by atoms with Gasteiger partial charge in [-0.25, -0.2) is 18.1 Å². The second-order valence-corrected chi connectivity index (χ2v) is 6.94.